The first-order chi connectivity index (χ1) is 10.5. The Kier molecular flexibility index (Phi) is 4.87. The highest BCUT2D eigenvalue weighted by Crippen LogP contribution is 2.31. The van der Waals surface area contributed by atoms with Crippen molar-refractivity contribution in [3.05, 3.63) is 15.6 Å². The highest BCUT2D eigenvalue weighted by Gasteiger charge is 2.33. The van der Waals surface area contributed by atoms with Gasteiger partial charge in [-0.15, -0.1) is 11.3 Å². The minimum absolute atomic E-state index is 0.276. The molecule has 0 amide bonds. The van der Waals surface area contributed by atoms with Crippen molar-refractivity contribution in [2.75, 3.05) is 19.6 Å². The van der Waals surface area contributed by atoms with Gasteiger partial charge < -0.3 is 0 Å². The summed E-state index contributed by atoms with van der Waals surface area (Å²) in [5.41, 5.74) is 1.29. The maximum absolute atomic E-state index is 12.1. The second-order valence-electron chi connectivity index (χ2n) is 6.51. The summed E-state index contributed by atoms with van der Waals surface area (Å²) in [6.07, 6.45) is 4.22. The van der Waals surface area contributed by atoms with Crippen molar-refractivity contribution in [2.45, 2.75) is 51.3 Å². The molecular weight excluding hydrogens is 318 g/mol. The minimum Gasteiger partial charge on any atom is -0.295 e. The Morgan fingerprint density at radius 2 is 2.23 bits per heavy atom. The number of nitrogens with one attached hydrogen (secondary N) is 1. The van der Waals surface area contributed by atoms with Crippen LogP contribution in [0.4, 0.5) is 0 Å². The number of likely N-dealkylation sites (tertiary alicyclic amines) is 1. The highest BCUT2D eigenvalue weighted by atomic mass is 32.2. The molecule has 2 atom stereocenters. The molecule has 0 spiro atoms. The van der Waals surface area contributed by atoms with Crippen molar-refractivity contribution in [3.63, 3.8) is 0 Å². The number of aromatic nitrogens is 1. The van der Waals surface area contributed by atoms with E-state index in [-0.39, 0.29) is 5.25 Å². The molecule has 2 heterocycles. The summed E-state index contributed by atoms with van der Waals surface area (Å²) in [6, 6.07) is 0. The van der Waals surface area contributed by atoms with Crippen LogP contribution in [-0.2, 0) is 29.4 Å². The summed E-state index contributed by atoms with van der Waals surface area (Å²) in [6.45, 7) is 6.86. The van der Waals surface area contributed by atoms with Crippen molar-refractivity contribution in [2.24, 2.45) is 5.92 Å². The van der Waals surface area contributed by atoms with E-state index in [0.29, 0.717) is 13.1 Å². The molecule has 5 nitrogen and oxygen atoms in total. The predicted octanol–water partition coefficient (Wildman–Crippen LogP) is 1.78. The second-order valence-corrected chi connectivity index (χ2v) is 9.73. The van der Waals surface area contributed by atoms with Crippen LogP contribution >= 0.6 is 11.3 Å². The standard InChI is InChI=1S/C15H25N3O2S2/c1-3-16-22(19,20)12-6-7-18(9-12)10-15-17-13-5-4-11(2)8-14(13)21-15/h11-12,16H,3-10H2,1-2H3/t11-,12-/m0/s1. The third-order valence-electron chi connectivity index (χ3n) is 4.60. The van der Waals surface area contributed by atoms with Crippen LogP contribution in [0.3, 0.4) is 0 Å². The first-order valence-corrected chi connectivity index (χ1v) is 10.5. The van der Waals surface area contributed by atoms with Gasteiger partial charge in [-0.2, -0.15) is 0 Å². The topological polar surface area (TPSA) is 62.3 Å². The van der Waals surface area contributed by atoms with Gasteiger partial charge in [0, 0.05) is 18.0 Å². The predicted molar refractivity (Wildman–Crippen MR) is 89.6 cm³/mol. The van der Waals surface area contributed by atoms with Crippen LogP contribution in [0.5, 0.6) is 0 Å². The Morgan fingerprint density at radius 3 is 3.00 bits per heavy atom. The SMILES string of the molecule is CCNS(=O)(=O)[C@H]1CCN(Cc2nc3c(s2)C[C@@H](C)CC3)C1. The molecule has 22 heavy (non-hydrogen) atoms. The molecule has 2 aliphatic rings. The van der Waals surface area contributed by atoms with Gasteiger partial charge in [0.15, 0.2) is 0 Å². The molecule has 1 aliphatic heterocycles. The zero-order chi connectivity index (χ0) is 15.7. The molecule has 0 unspecified atom stereocenters. The van der Waals surface area contributed by atoms with Crippen molar-refractivity contribution in [1.82, 2.24) is 14.6 Å². The highest BCUT2D eigenvalue weighted by molar-refractivity contribution is 7.90. The lowest BCUT2D eigenvalue weighted by molar-refractivity contribution is 0.330. The fraction of sp³-hybridized carbons (Fsp3) is 0.800. The zero-order valence-electron chi connectivity index (χ0n) is 13.3. The van der Waals surface area contributed by atoms with E-state index in [0.717, 1.165) is 43.3 Å². The number of rotatable bonds is 5. The van der Waals surface area contributed by atoms with Crippen LogP contribution in [0.25, 0.3) is 0 Å². The van der Waals surface area contributed by atoms with Crippen LogP contribution < -0.4 is 4.72 Å². The molecule has 3 rings (SSSR count). The maximum atomic E-state index is 12.1. The van der Waals surface area contributed by atoms with E-state index in [9.17, 15) is 8.42 Å². The lowest BCUT2D eigenvalue weighted by atomic mass is 9.93. The summed E-state index contributed by atoms with van der Waals surface area (Å²) in [5.74, 6) is 0.766. The van der Waals surface area contributed by atoms with E-state index in [4.69, 9.17) is 4.98 Å². The van der Waals surface area contributed by atoms with Crippen molar-refractivity contribution >= 4 is 21.4 Å². The Labute approximate surface area is 137 Å². The molecule has 124 valence electrons. The van der Waals surface area contributed by atoms with E-state index in [1.54, 1.807) is 0 Å². The van der Waals surface area contributed by atoms with Crippen molar-refractivity contribution < 1.29 is 8.42 Å². The molecule has 1 saturated heterocycles. The average molecular weight is 344 g/mol. The Balaban J connectivity index is 1.61. The summed E-state index contributed by atoms with van der Waals surface area (Å²) in [4.78, 5) is 8.46. The van der Waals surface area contributed by atoms with Gasteiger partial charge in [0.05, 0.1) is 17.5 Å². The number of hydrogen-bond acceptors (Lipinski definition) is 5. The first kappa shape index (κ1) is 16.4. The second kappa shape index (κ2) is 6.55. The van der Waals surface area contributed by atoms with Crippen molar-refractivity contribution in [1.29, 1.82) is 0 Å². The Bertz CT molecular complexity index is 627. The van der Waals surface area contributed by atoms with E-state index in [1.807, 2.05) is 18.3 Å². The maximum Gasteiger partial charge on any atom is 0.215 e. The Hall–Kier alpha value is -0.500. The number of thiazole rings is 1. The first-order valence-electron chi connectivity index (χ1n) is 8.16. The van der Waals surface area contributed by atoms with Gasteiger partial charge in [-0.1, -0.05) is 13.8 Å². The molecule has 7 heteroatoms. The zero-order valence-corrected chi connectivity index (χ0v) is 15.0. The summed E-state index contributed by atoms with van der Waals surface area (Å²) < 4.78 is 26.8. The average Bonchev–Trinajstić information content (AvgIpc) is 3.05. The third-order valence-corrected chi connectivity index (χ3v) is 7.66. The minimum atomic E-state index is -3.15. The number of fused-ring (bicyclic) bond motifs is 1. The van der Waals surface area contributed by atoms with E-state index < -0.39 is 10.0 Å². The fourth-order valence-electron chi connectivity index (χ4n) is 3.37. The molecule has 0 aromatic carbocycles. The van der Waals surface area contributed by atoms with Gasteiger partial charge in [0.2, 0.25) is 10.0 Å². The van der Waals surface area contributed by atoms with Gasteiger partial charge in [-0.3, -0.25) is 4.90 Å². The normalized spacial score (nSPS) is 26.3. The third kappa shape index (κ3) is 3.53. The lowest BCUT2D eigenvalue weighted by Gasteiger charge is -2.15. The molecule has 1 aromatic rings. The van der Waals surface area contributed by atoms with Crippen LogP contribution in [0.2, 0.25) is 0 Å². The lowest BCUT2D eigenvalue weighted by Crippen LogP contribution is -2.36. The van der Waals surface area contributed by atoms with E-state index in [2.05, 4.69) is 16.5 Å². The molecule has 0 radical (unpaired) electrons. The van der Waals surface area contributed by atoms with Crippen molar-refractivity contribution in [3.8, 4) is 0 Å². The summed E-state index contributed by atoms with van der Waals surface area (Å²) in [5, 5.41) is 0.877. The monoisotopic (exact) mass is 343 g/mol. The Morgan fingerprint density at radius 1 is 1.41 bits per heavy atom. The van der Waals surface area contributed by atoms with Gasteiger partial charge in [0.25, 0.3) is 0 Å². The molecule has 0 saturated carbocycles. The van der Waals surface area contributed by atoms with E-state index in [1.165, 1.54) is 17.0 Å². The molecule has 1 aromatic heterocycles. The quantitative estimate of drug-likeness (QED) is 0.885. The summed E-state index contributed by atoms with van der Waals surface area (Å²) >= 11 is 1.83. The number of aryl methyl sites for hydroxylation is 1. The molecule has 1 aliphatic carbocycles. The van der Waals surface area contributed by atoms with Crippen LogP contribution in [0, 0.1) is 5.92 Å². The smallest absolute Gasteiger partial charge is 0.215 e. The van der Waals surface area contributed by atoms with Crippen LogP contribution in [0.1, 0.15) is 42.3 Å². The number of hydrogen-bond donors (Lipinski definition) is 1. The molecular formula is C15H25N3O2S2. The van der Waals surface area contributed by atoms with E-state index >= 15 is 0 Å². The molecule has 0 bridgehead atoms. The number of sulfonamides is 1. The van der Waals surface area contributed by atoms with Gasteiger partial charge in [-0.25, -0.2) is 18.1 Å². The van der Waals surface area contributed by atoms with Gasteiger partial charge in [-0.05, 0) is 38.1 Å². The molecule has 1 fully saturated rings. The van der Waals surface area contributed by atoms with Crippen LogP contribution in [0.15, 0.2) is 0 Å². The summed E-state index contributed by atoms with van der Waals surface area (Å²) in [7, 11) is -3.15. The molecule has 1 N–H and O–H groups in total. The van der Waals surface area contributed by atoms with Gasteiger partial charge in [0.1, 0.15) is 5.01 Å². The largest absolute Gasteiger partial charge is 0.295 e. The fourth-order valence-corrected chi connectivity index (χ4v) is 6.15. The van der Waals surface area contributed by atoms with Crippen LogP contribution in [-0.4, -0.2) is 43.2 Å². The number of nitrogens with zero attached hydrogens (tertiary/aromatic N) is 2. The van der Waals surface area contributed by atoms with Gasteiger partial charge >= 0.3 is 0 Å².